The van der Waals surface area contributed by atoms with Gasteiger partial charge in [0.15, 0.2) is 0 Å². The summed E-state index contributed by atoms with van der Waals surface area (Å²) < 4.78 is 9.61. The smallest absolute Gasteiger partial charge is 0.348 e. The molecule has 1 aromatic heterocycles. The van der Waals surface area contributed by atoms with Crippen molar-refractivity contribution in [3.8, 4) is 5.75 Å². The zero-order chi connectivity index (χ0) is 15.4. The van der Waals surface area contributed by atoms with E-state index in [1.165, 1.54) is 13.2 Å². The Morgan fingerprint density at radius 3 is 2.50 bits per heavy atom. The highest BCUT2D eigenvalue weighted by atomic mass is 16.5. The molecule has 110 valence electrons. The SMILES string of the molecule is COC(=O)[C@@H](N=C(C)c1c(O)cc(C)oc1=O)C(C)C. The molecular formula is C14H19NO5. The highest BCUT2D eigenvalue weighted by Crippen LogP contribution is 2.17. The Labute approximate surface area is 117 Å². The molecular weight excluding hydrogens is 262 g/mol. The van der Waals surface area contributed by atoms with Gasteiger partial charge in [-0.05, 0) is 19.8 Å². The average molecular weight is 281 g/mol. The number of aryl methyl sites for hydroxylation is 1. The quantitative estimate of drug-likeness (QED) is 0.669. The first-order valence-corrected chi connectivity index (χ1v) is 6.24. The summed E-state index contributed by atoms with van der Waals surface area (Å²) in [5.74, 6) is -0.503. The van der Waals surface area contributed by atoms with Gasteiger partial charge in [-0.1, -0.05) is 13.8 Å². The summed E-state index contributed by atoms with van der Waals surface area (Å²) >= 11 is 0. The number of carbonyl (C=O) groups excluding carboxylic acids is 1. The van der Waals surface area contributed by atoms with Crippen molar-refractivity contribution in [3.63, 3.8) is 0 Å². The molecule has 0 spiro atoms. The monoisotopic (exact) mass is 281 g/mol. The first kappa shape index (κ1) is 15.9. The third-order valence-electron chi connectivity index (χ3n) is 2.82. The first-order valence-electron chi connectivity index (χ1n) is 6.24. The minimum atomic E-state index is -0.736. The Morgan fingerprint density at radius 1 is 1.45 bits per heavy atom. The van der Waals surface area contributed by atoms with Crippen LogP contribution in [0.15, 0.2) is 20.3 Å². The molecule has 0 aliphatic heterocycles. The van der Waals surface area contributed by atoms with Crippen LogP contribution in [0.25, 0.3) is 0 Å². The second-order valence-electron chi connectivity index (χ2n) is 4.83. The number of aliphatic imine (C=N–C) groups is 1. The number of methoxy groups -OCH3 is 1. The van der Waals surface area contributed by atoms with Crippen LogP contribution < -0.4 is 5.63 Å². The van der Waals surface area contributed by atoms with E-state index in [4.69, 9.17) is 4.42 Å². The Balaban J connectivity index is 3.29. The number of hydrogen-bond donors (Lipinski definition) is 1. The van der Waals surface area contributed by atoms with Crippen LogP contribution in [-0.4, -0.2) is 29.9 Å². The Hall–Kier alpha value is -2.11. The van der Waals surface area contributed by atoms with E-state index >= 15 is 0 Å². The summed E-state index contributed by atoms with van der Waals surface area (Å²) in [6, 6.07) is 0.596. The molecule has 1 rings (SSSR count). The van der Waals surface area contributed by atoms with E-state index in [1.54, 1.807) is 13.8 Å². The minimum absolute atomic E-state index is 0.0369. The van der Waals surface area contributed by atoms with Gasteiger partial charge in [-0.2, -0.15) is 0 Å². The summed E-state index contributed by atoms with van der Waals surface area (Å²) in [4.78, 5) is 27.6. The van der Waals surface area contributed by atoms with Crippen LogP contribution in [0.2, 0.25) is 0 Å². The first-order chi connectivity index (χ1) is 9.27. The molecule has 0 amide bonds. The van der Waals surface area contributed by atoms with Crippen LogP contribution >= 0.6 is 0 Å². The van der Waals surface area contributed by atoms with Crippen molar-refractivity contribution in [2.24, 2.45) is 10.9 Å². The third-order valence-corrected chi connectivity index (χ3v) is 2.82. The largest absolute Gasteiger partial charge is 0.507 e. The van der Waals surface area contributed by atoms with E-state index in [-0.39, 0.29) is 22.9 Å². The maximum Gasteiger partial charge on any atom is 0.348 e. The molecule has 0 aliphatic rings. The maximum atomic E-state index is 11.8. The van der Waals surface area contributed by atoms with Gasteiger partial charge in [0, 0.05) is 6.07 Å². The molecule has 1 N–H and O–H groups in total. The van der Waals surface area contributed by atoms with E-state index in [2.05, 4.69) is 9.73 Å². The fourth-order valence-electron chi connectivity index (χ4n) is 1.80. The third kappa shape index (κ3) is 3.46. The van der Waals surface area contributed by atoms with Crippen molar-refractivity contribution in [1.82, 2.24) is 0 Å². The number of hydrogen-bond acceptors (Lipinski definition) is 6. The second kappa shape index (κ2) is 6.36. The maximum absolute atomic E-state index is 11.8. The molecule has 0 unspecified atom stereocenters. The summed E-state index contributed by atoms with van der Waals surface area (Å²) in [5, 5.41) is 9.83. The zero-order valence-electron chi connectivity index (χ0n) is 12.3. The Morgan fingerprint density at radius 2 is 2.05 bits per heavy atom. The van der Waals surface area contributed by atoms with Crippen LogP contribution in [0.1, 0.15) is 32.1 Å². The topological polar surface area (TPSA) is 89.1 Å². The number of carbonyl (C=O) groups is 1. The van der Waals surface area contributed by atoms with Gasteiger partial charge in [-0.3, -0.25) is 4.99 Å². The number of nitrogens with zero attached hydrogens (tertiary/aromatic N) is 1. The van der Waals surface area contributed by atoms with Gasteiger partial charge in [-0.25, -0.2) is 9.59 Å². The van der Waals surface area contributed by atoms with Crippen LogP contribution in [0.5, 0.6) is 5.75 Å². The van der Waals surface area contributed by atoms with Gasteiger partial charge in [0.25, 0.3) is 0 Å². The molecule has 20 heavy (non-hydrogen) atoms. The lowest BCUT2D eigenvalue weighted by molar-refractivity contribution is -0.143. The second-order valence-corrected chi connectivity index (χ2v) is 4.83. The van der Waals surface area contributed by atoms with Crippen molar-refractivity contribution in [3.05, 3.63) is 27.8 Å². The van der Waals surface area contributed by atoms with E-state index < -0.39 is 17.6 Å². The minimum Gasteiger partial charge on any atom is -0.507 e. The lowest BCUT2D eigenvalue weighted by Crippen LogP contribution is -2.28. The highest BCUT2D eigenvalue weighted by molar-refractivity contribution is 6.01. The van der Waals surface area contributed by atoms with Crippen molar-refractivity contribution in [2.45, 2.75) is 33.7 Å². The molecule has 6 nitrogen and oxygen atoms in total. The predicted molar refractivity (Wildman–Crippen MR) is 74.2 cm³/mol. The van der Waals surface area contributed by atoms with Crippen LogP contribution in [-0.2, 0) is 9.53 Å². The number of aromatic hydroxyl groups is 1. The highest BCUT2D eigenvalue weighted by Gasteiger charge is 2.23. The summed E-state index contributed by atoms with van der Waals surface area (Å²) in [7, 11) is 1.28. The Bertz CT molecular complexity index is 586. The number of rotatable bonds is 4. The van der Waals surface area contributed by atoms with Crippen molar-refractivity contribution in [2.75, 3.05) is 7.11 Å². The van der Waals surface area contributed by atoms with Gasteiger partial charge in [0.2, 0.25) is 0 Å². The number of ether oxygens (including phenoxy) is 1. The standard InChI is InChI=1S/C14H19NO5/c1-7(2)12(14(18)19-5)15-9(4)11-10(16)6-8(3)20-13(11)17/h6-7,12,16H,1-5H3/t12-/m0/s1. The molecule has 1 aromatic rings. The summed E-state index contributed by atoms with van der Waals surface area (Å²) in [6.07, 6.45) is 0. The molecule has 0 saturated carbocycles. The van der Waals surface area contributed by atoms with Crippen LogP contribution in [0, 0.1) is 12.8 Å². The molecule has 0 radical (unpaired) electrons. The predicted octanol–water partition coefficient (Wildman–Crippen LogP) is 1.66. The van der Waals surface area contributed by atoms with Crippen molar-refractivity contribution < 1.29 is 19.1 Å². The van der Waals surface area contributed by atoms with E-state index in [0.29, 0.717) is 5.76 Å². The lowest BCUT2D eigenvalue weighted by Gasteiger charge is -2.15. The van der Waals surface area contributed by atoms with E-state index in [0.717, 1.165) is 0 Å². The number of esters is 1. The van der Waals surface area contributed by atoms with Gasteiger partial charge in [-0.15, -0.1) is 0 Å². The molecule has 1 heterocycles. The van der Waals surface area contributed by atoms with Crippen molar-refractivity contribution >= 4 is 11.7 Å². The van der Waals surface area contributed by atoms with Gasteiger partial charge < -0.3 is 14.3 Å². The molecule has 0 saturated heterocycles. The van der Waals surface area contributed by atoms with Gasteiger partial charge in [0.1, 0.15) is 23.1 Å². The van der Waals surface area contributed by atoms with E-state index in [9.17, 15) is 14.7 Å². The molecule has 1 atom stereocenters. The molecule has 0 aromatic carbocycles. The fraction of sp³-hybridized carbons (Fsp3) is 0.500. The van der Waals surface area contributed by atoms with Gasteiger partial charge in [0.05, 0.1) is 12.8 Å². The molecule has 6 heteroatoms. The zero-order valence-corrected chi connectivity index (χ0v) is 12.3. The molecule has 0 fully saturated rings. The Kier molecular flexibility index (Phi) is 5.07. The lowest BCUT2D eigenvalue weighted by atomic mass is 10.0. The average Bonchev–Trinajstić information content (AvgIpc) is 2.33. The van der Waals surface area contributed by atoms with E-state index in [1.807, 2.05) is 13.8 Å². The van der Waals surface area contributed by atoms with Gasteiger partial charge >= 0.3 is 11.6 Å². The molecule has 0 aliphatic carbocycles. The van der Waals surface area contributed by atoms with Crippen LogP contribution in [0.4, 0.5) is 0 Å². The summed E-state index contributed by atoms with van der Waals surface area (Å²) in [6.45, 7) is 6.73. The van der Waals surface area contributed by atoms with Crippen molar-refractivity contribution in [1.29, 1.82) is 0 Å². The summed E-state index contributed by atoms with van der Waals surface area (Å²) in [5.41, 5.74) is -0.485. The molecule has 0 bridgehead atoms. The normalized spacial score (nSPS) is 13.4. The van der Waals surface area contributed by atoms with Crippen LogP contribution in [0.3, 0.4) is 0 Å². The fourth-order valence-corrected chi connectivity index (χ4v) is 1.80.